The Bertz CT molecular complexity index is 682. The Morgan fingerprint density at radius 1 is 1.04 bits per heavy atom. The number of hydrogen-bond acceptors (Lipinski definition) is 6. The summed E-state index contributed by atoms with van der Waals surface area (Å²) in [6, 6.07) is 14.9. The van der Waals surface area contributed by atoms with Crippen LogP contribution in [-0.4, -0.2) is 31.2 Å². The van der Waals surface area contributed by atoms with Crippen LogP contribution in [0.1, 0.15) is 10.1 Å². The van der Waals surface area contributed by atoms with Gasteiger partial charge >= 0.3 is 5.97 Å². The van der Waals surface area contributed by atoms with Gasteiger partial charge in [0.15, 0.2) is 18.1 Å². The third-order valence-electron chi connectivity index (χ3n) is 3.42. The van der Waals surface area contributed by atoms with Crippen LogP contribution >= 0.6 is 23.5 Å². The highest BCUT2D eigenvalue weighted by Crippen LogP contribution is 2.45. The number of thioether (sulfide) groups is 2. The Balaban J connectivity index is 1.53. The topological polar surface area (TPSA) is 44.8 Å². The average Bonchev–Trinajstić information content (AvgIpc) is 3.15. The van der Waals surface area contributed by atoms with E-state index in [2.05, 4.69) is 0 Å². The van der Waals surface area contributed by atoms with Gasteiger partial charge in [-0.15, -0.1) is 23.5 Å². The van der Waals surface area contributed by atoms with Gasteiger partial charge in [-0.2, -0.15) is 0 Å². The molecule has 2 aromatic rings. The smallest absolute Gasteiger partial charge is 0.349 e. The van der Waals surface area contributed by atoms with E-state index in [1.54, 1.807) is 19.2 Å². The minimum absolute atomic E-state index is 0.170. The molecular formula is C18H18O4S2. The first kappa shape index (κ1) is 17.0. The van der Waals surface area contributed by atoms with Crippen molar-refractivity contribution in [1.29, 1.82) is 0 Å². The summed E-state index contributed by atoms with van der Waals surface area (Å²) >= 11 is 3.90. The third-order valence-corrected chi connectivity index (χ3v) is 6.52. The molecule has 6 heteroatoms. The van der Waals surface area contributed by atoms with E-state index in [-0.39, 0.29) is 6.61 Å². The van der Waals surface area contributed by atoms with Gasteiger partial charge in [0.25, 0.3) is 0 Å². The third kappa shape index (κ3) is 4.39. The lowest BCUT2D eigenvalue weighted by Crippen LogP contribution is -2.17. The molecular weight excluding hydrogens is 344 g/mol. The number of carbonyl (C=O) groups is 1. The van der Waals surface area contributed by atoms with Crippen LogP contribution in [0.25, 0.3) is 0 Å². The maximum absolute atomic E-state index is 11.9. The molecule has 4 nitrogen and oxygen atoms in total. The van der Waals surface area contributed by atoms with E-state index in [0.29, 0.717) is 21.8 Å². The van der Waals surface area contributed by atoms with E-state index in [0.717, 1.165) is 0 Å². The minimum atomic E-state index is -0.446. The standard InChI is InChI=1S/C18H18O4S2/c1-20-15-4-2-3-5-16(15)21-12-17(19)22-14-8-6-13(7-9-14)18-23-10-11-24-18/h2-9,18H,10-12H2,1H3. The molecule has 1 fully saturated rings. The Hall–Kier alpha value is -1.79. The highest BCUT2D eigenvalue weighted by atomic mass is 32.2. The summed E-state index contributed by atoms with van der Waals surface area (Å²) in [6.07, 6.45) is 0. The molecule has 0 radical (unpaired) electrons. The molecule has 0 aliphatic carbocycles. The van der Waals surface area contributed by atoms with E-state index >= 15 is 0 Å². The van der Waals surface area contributed by atoms with Gasteiger partial charge in [-0.1, -0.05) is 24.3 Å². The van der Waals surface area contributed by atoms with Crippen molar-refractivity contribution in [3.8, 4) is 17.2 Å². The lowest BCUT2D eigenvalue weighted by Gasteiger charge is -2.11. The molecule has 0 bridgehead atoms. The molecule has 0 spiro atoms. The molecule has 1 aliphatic heterocycles. The number of esters is 1. The van der Waals surface area contributed by atoms with Gasteiger partial charge in [0.05, 0.1) is 11.7 Å². The lowest BCUT2D eigenvalue weighted by molar-refractivity contribution is -0.136. The van der Waals surface area contributed by atoms with Crippen molar-refractivity contribution in [3.05, 3.63) is 54.1 Å². The Morgan fingerprint density at radius 3 is 2.38 bits per heavy atom. The summed E-state index contributed by atoms with van der Waals surface area (Å²) in [5.41, 5.74) is 1.26. The van der Waals surface area contributed by atoms with Crippen LogP contribution in [0.5, 0.6) is 17.2 Å². The minimum Gasteiger partial charge on any atom is -0.493 e. The van der Waals surface area contributed by atoms with Crippen LogP contribution in [0, 0.1) is 0 Å². The largest absolute Gasteiger partial charge is 0.493 e. The molecule has 0 saturated carbocycles. The zero-order chi connectivity index (χ0) is 16.8. The number of ether oxygens (including phenoxy) is 3. The number of para-hydroxylation sites is 2. The molecule has 2 aromatic carbocycles. The van der Waals surface area contributed by atoms with Gasteiger partial charge in [0, 0.05) is 11.5 Å². The van der Waals surface area contributed by atoms with E-state index in [9.17, 15) is 4.79 Å². The lowest BCUT2D eigenvalue weighted by atomic mass is 10.2. The molecule has 24 heavy (non-hydrogen) atoms. The maximum Gasteiger partial charge on any atom is 0.349 e. The van der Waals surface area contributed by atoms with E-state index in [4.69, 9.17) is 14.2 Å². The molecule has 1 saturated heterocycles. The first-order valence-corrected chi connectivity index (χ1v) is 9.65. The molecule has 0 atom stereocenters. The zero-order valence-electron chi connectivity index (χ0n) is 13.3. The average molecular weight is 362 g/mol. The van der Waals surface area contributed by atoms with Crippen LogP contribution in [0.4, 0.5) is 0 Å². The Morgan fingerprint density at radius 2 is 1.71 bits per heavy atom. The Labute approximate surface area is 149 Å². The predicted molar refractivity (Wildman–Crippen MR) is 98.2 cm³/mol. The number of carbonyl (C=O) groups excluding carboxylic acids is 1. The van der Waals surface area contributed by atoms with Crippen LogP contribution in [0.2, 0.25) is 0 Å². The highest BCUT2D eigenvalue weighted by Gasteiger charge is 2.18. The summed E-state index contributed by atoms with van der Waals surface area (Å²) in [6.45, 7) is -0.170. The second-order valence-electron chi connectivity index (χ2n) is 5.06. The van der Waals surface area contributed by atoms with Crippen molar-refractivity contribution in [2.45, 2.75) is 4.58 Å². The number of hydrogen-bond donors (Lipinski definition) is 0. The molecule has 1 heterocycles. The van der Waals surface area contributed by atoms with Crippen LogP contribution in [0.3, 0.4) is 0 Å². The molecule has 1 aliphatic rings. The predicted octanol–water partition coefficient (Wildman–Crippen LogP) is 4.16. The number of methoxy groups -OCH3 is 1. The fourth-order valence-electron chi connectivity index (χ4n) is 2.28. The van der Waals surface area contributed by atoms with Crippen molar-refractivity contribution in [3.63, 3.8) is 0 Å². The fourth-order valence-corrected chi connectivity index (χ4v) is 5.14. The number of benzene rings is 2. The molecule has 126 valence electrons. The normalized spacial score (nSPS) is 14.4. The van der Waals surface area contributed by atoms with Gasteiger partial charge in [-0.25, -0.2) is 4.79 Å². The maximum atomic E-state index is 11.9. The summed E-state index contributed by atoms with van der Waals surface area (Å²) in [4.78, 5) is 11.9. The van der Waals surface area contributed by atoms with Crippen molar-refractivity contribution in [1.82, 2.24) is 0 Å². The Kier molecular flexibility index (Phi) is 5.93. The molecule has 0 aromatic heterocycles. The van der Waals surface area contributed by atoms with Gasteiger partial charge in [-0.3, -0.25) is 0 Å². The first-order valence-electron chi connectivity index (χ1n) is 7.56. The van der Waals surface area contributed by atoms with Crippen LogP contribution in [0.15, 0.2) is 48.5 Å². The highest BCUT2D eigenvalue weighted by molar-refractivity contribution is 8.19. The van der Waals surface area contributed by atoms with Crippen LogP contribution < -0.4 is 14.2 Å². The quantitative estimate of drug-likeness (QED) is 0.568. The monoisotopic (exact) mass is 362 g/mol. The molecule has 0 amide bonds. The first-order chi connectivity index (χ1) is 11.8. The number of rotatable bonds is 6. The van der Waals surface area contributed by atoms with Crippen molar-refractivity contribution in [2.24, 2.45) is 0 Å². The summed E-state index contributed by atoms with van der Waals surface area (Å²) in [5.74, 6) is 3.56. The summed E-state index contributed by atoms with van der Waals surface area (Å²) in [5, 5.41) is 0. The molecule has 0 unspecified atom stereocenters. The molecule has 3 rings (SSSR count). The van der Waals surface area contributed by atoms with Crippen LogP contribution in [-0.2, 0) is 4.79 Å². The van der Waals surface area contributed by atoms with Crippen molar-refractivity contribution in [2.75, 3.05) is 25.2 Å². The SMILES string of the molecule is COc1ccccc1OCC(=O)Oc1ccc(C2SCCS2)cc1. The van der Waals surface area contributed by atoms with Crippen molar-refractivity contribution < 1.29 is 19.0 Å². The van der Waals surface area contributed by atoms with Gasteiger partial charge in [0.2, 0.25) is 0 Å². The van der Waals surface area contributed by atoms with Crippen molar-refractivity contribution >= 4 is 29.5 Å². The van der Waals surface area contributed by atoms with Gasteiger partial charge < -0.3 is 14.2 Å². The second kappa shape index (κ2) is 8.35. The molecule has 0 N–H and O–H groups in total. The van der Waals surface area contributed by atoms with E-state index in [1.807, 2.05) is 59.9 Å². The second-order valence-corrected chi connectivity index (χ2v) is 7.78. The zero-order valence-corrected chi connectivity index (χ0v) is 14.9. The fraction of sp³-hybridized carbons (Fsp3) is 0.278. The summed E-state index contributed by atoms with van der Waals surface area (Å²) in [7, 11) is 1.56. The van der Waals surface area contributed by atoms with E-state index < -0.39 is 5.97 Å². The van der Waals surface area contributed by atoms with Gasteiger partial charge in [0.1, 0.15) is 5.75 Å². The summed E-state index contributed by atoms with van der Waals surface area (Å²) < 4.78 is 16.4. The van der Waals surface area contributed by atoms with Gasteiger partial charge in [-0.05, 0) is 29.8 Å². The van der Waals surface area contributed by atoms with E-state index in [1.165, 1.54) is 17.1 Å².